The van der Waals surface area contributed by atoms with Gasteiger partial charge in [0.05, 0.1) is 5.69 Å². The molecule has 0 amide bonds. The van der Waals surface area contributed by atoms with Gasteiger partial charge in [0.1, 0.15) is 5.82 Å². The van der Waals surface area contributed by atoms with Gasteiger partial charge >= 0.3 is 0 Å². The van der Waals surface area contributed by atoms with E-state index < -0.39 is 0 Å². The van der Waals surface area contributed by atoms with E-state index in [-0.39, 0.29) is 23.6 Å². The summed E-state index contributed by atoms with van der Waals surface area (Å²) in [7, 11) is 0. The van der Waals surface area contributed by atoms with Gasteiger partial charge in [-0.25, -0.2) is 14.4 Å². The molecule has 3 aromatic rings. The van der Waals surface area contributed by atoms with Crippen molar-refractivity contribution in [3.63, 3.8) is 0 Å². The summed E-state index contributed by atoms with van der Waals surface area (Å²) in [5, 5.41) is 7.25. The van der Waals surface area contributed by atoms with Crippen LogP contribution in [0.25, 0.3) is 0 Å². The number of anilines is 2. The molecule has 154 valence electrons. The molecule has 0 unspecified atom stereocenters. The standard InChI is InChI=1S/C22H24ClFN4.ClH/c1-22(2,3)20-16(13-25-12-15-7-9-18(24)10-8-15)14-26-21(28-20)27-19-6-4-5-17(23)11-19;/h4-11,14,25H,12-13H2,1-3H3,(H,26,27,28);1H. The fourth-order valence-electron chi connectivity index (χ4n) is 2.88. The summed E-state index contributed by atoms with van der Waals surface area (Å²) in [4.78, 5) is 9.21. The van der Waals surface area contributed by atoms with Crippen LogP contribution >= 0.6 is 24.0 Å². The highest BCUT2D eigenvalue weighted by Gasteiger charge is 2.21. The van der Waals surface area contributed by atoms with Crippen LogP contribution in [0.3, 0.4) is 0 Å². The minimum Gasteiger partial charge on any atom is -0.324 e. The highest BCUT2D eigenvalue weighted by Crippen LogP contribution is 2.26. The Bertz CT molecular complexity index is 940. The Kier molecular flexibility index (Phi) is 7.96. The lowest BCUT2D eigenvalue weighted by atomic mass is 9.89. The van der Waals surface area contributed by atoms with E-state index in [1.165, 1.54) is 12.1 Å². The summed E-state index contributed by atoms with van der Waals surface area (Å²) in [6, 6.07) is 14.0. The molecule has 0 atom stereocenters. The molecule has 0 aliphatic heterocycles. The summed E-state index contributed by atoms with van der Waals surface area (Å²) in [6.07, 6.45) is 1.85. The second kappa shape index (κ2) is 10.0. The van der Waals surface area contributed by atoms with Gasteiger partial charge in [0.25, 0.3) is 0 Å². The lowest BCUT2D eigenvalue weighted by molar-refractivity contribution is 0.550. The van der Waals surface area contributed by atoms with E-state index in [9.17, 15) is 4.39 Å². The van der Waals surface area contributed by atoms with Gasteiger partial charge in [-0.1, -0.05) is 50.6 Å². The quantitative estimate of drug-likeness (QED) is 0.497. The van der Waals surface area contributed by atoms with E-state index in [4.69, 9.17) is 16.6 Å². The first kappa shape index (κ1) is 23.1. The van der Waals surface area contributed by atoms with Crippen LogP contribution in [-0.4, -0.2) is 9.97 Å². The van der Waals surface area contributed by atoms with E-state index in [0.29, 0.717) is 24.1 Å². The number of benzene rings is 2. The van der Waals surface area contributed by atoms with Crippen molar-refractivity contribution >= 4 is 35.6 Å². The molecule has 0 spiro atoms. The number of aromatic nitrogens is 2. The Morgan fingerprint density at radius 2 is 1.76 bits per heavy atom. The average Bonchev–Trinajstić information content (AvgIpc) is 2.63. The van der Waals surface area contributed by atoms with E-state index in [2.05, 4.69) is 36.4 Å². The van der Waals surface area contributed by atoms with Crippen molar-refractivity contribution in [1.29, 1.82) is 0 Å². The summed E-state index contributed by atoms with van der Waals surface area (Å²) in [5.74, 6) is 0.310. The van der Waals surface area contributed by atoms with Gasteiger partial charge in [-0.15, -0.1) is 12.4 Å². The molecule has 0 radical (unpaired) electrons. The molecule has 0 aliphatic rings. The Balaban J connectivity index is 0.00000300. The normalized spacial score (nSPS) is 11.1. The number of hydrogen-bond donors (Lipinski definition) is 2. The van der Waals surface area contributed by atoms with Crippen molar-refractivity contribution in [2.24, 2.45) is 0 Å². The molecule has 2 aromatic carbocycles. The van der Waals surface area contributed by atoms with Gasteiger partial charge < -0.3 is 10.6 Å². The molecule has 2 N–H and O–H groups in total. The SMILES string of the molecule is CC(C)(C)c1nc(Nc2cccc(Cl)c2)ncc1CNCc1ccc(F)cc1.Cl. The van der Waals surface area contributed by atoms with Crippen LogP contribution in [0.2, 0.25) is 5.02 Å². The van der Waals surface area contributed by atoms with Gasteiger partial charge in [0.2, 0.25) is 5.95 Å². The number of hydrogen-bond acceptors (Lipinski definition) is 4. The van der Waals surface area contributed by atoms with Crippen molar-refractivity contribution in [3.8, 4) is 0 Å². The number of nitrogens with one attached hydrogen (secondary N) is 2. The lowest BCUT2D eigenvalue weighted by Gasteiger charge is -2.22. The van der Waals surface area contributed by atoms with Crippen molar-refractivity contribution in [2.45, 2.75) is 39.3 Å². The molecule has 4 nitrogen and oxygen atoms in total. The third kappa shape index (κ3) is 6.67. The van der Waals surface area contributed by atoms with E-state index in [0.717, 1.165) is 22.5 Å². The predicted molar refractivity (Wildman–Crippen MR) is 120 cm³/mol. The average molecular weight is 435 g/mol. The zero-order valence-corrected chi connectivity index (χ0v) is 18.2. The zero-order valence-electron chi connectivity index (χ0n) is 16.7. The van der Waals surface area contributed by atoms with Crippen molar-refractivity contribution in [2.75, 3.05) is 5.32 Å². The number of halogens is 3. The number of nitrogens with zero attached hydrogens (tertiary/aromatic N) is 2. The molecule has 1 heterocycles. The highest BCUT2D eigenvalue weighted by molar-refractivity contribution is 6.30. The molecular formula is C22H25Cl2FN4. The maximum absolute atomic E-state index is 13.0. The van der Waals surface area contributed by atoms with E-state index in [1.807, 2.05) is 30.5 Å². The zero-order chi connectivity index (χ0) is 20.1. The maximum Gasteiger partial charge on any atom is 0.227 e. The molecule has 7 heteroatoms. The second-order valence-corrected chi connectivity index (χ2v) is 8.12. The molecule has 0 aliphatic carbocycles. The fourth-order valence-corrected chi connectivity index (χ4v) is 3.08. The molecule has 0 saturated carbocycles. The molecule has 29 heavy (non-hydrogen) atoms. The topological polar surface area (TPSA) is 49.8 Å². The fraction of sp³-hybridized carbons (Fsp3) is 0.273. The van der Waals surface area contributed by atoms with E-state index >= 15 is 0 Å². The Morgan fingerprint density at radius 3 is 2.41 bits per heavy atom. The maximum atomic E-state index is 13.0. The third-order valence-electron chi connectivity index (χ3n) is 4.21. The van der Waals surface area contributed by atoms with Gasteiger partial charge in [0, 0.05) is 41.0 Å². The largest absolute Gasteiger partial charge is 0.324 e. The molecule has 0 saturated heterocycles. The van der Waals surface area contributed by atoms with Crippen molar-refractivity contribution in [1.82, 2.24) is 15.3 Å². The predicted octanol–water partition coefficient (Wildman–Crippen LogP) is 6.02. The molecule has 3 rings (SSSR count). The molecule has 0 fully saturated rings. The summed E-state index contributed by atoms with van der Waals surface area (Å²) < 4.78 is 13.0. The van der Waals surface area contributed by atoms with Crippen LogP contribution in [0.4, 0.5) is 16.0 Å². The highest BCUT2D eigenvalue weighted by atomic mass is 35.5. The smallest absolute Gasteiger partial charge is 0.227 e. The first-order valence-corrected chi connectivity index (χ1v) is 9.53. The number of rotatable bonds is 6. The van der Waals surface area contributed by atoms with Crippen LogP contribution in [0.5, 0.6) is 0 Å². The van der Waals surface area contributed by atoms with Gasteiger partial charge in [0.15, 0.2) is 0 Å². The summed E-state index contributed by atoms with van der Waals surface area (Å²) in [5.41, 5.74) is 3.74. The van der Waals surface area contributed by atoms with Crippen molar-refractivity contribution in [3.05, 3.63) is 82.4 Å². The monoisotopic (exact) mass is 434 g/mol. The minimum absolute atomic E-state index is 0. The van der Waals surface area contributed by atoms with Crippen LogP contribution < -0.4 is 10.6 Å². The Hall–Kier alpha value is -2.21. The van der Waals surface area contributed by atoms with Crippen molar-refractivity contribution < 1.29 is 4.39 Å². The molecule has 1 aromatic heterocycles. The van der Waals surface area contributed by atoms with Crippen LogP contribution in [0.1, 0.15) is 37.6 Å². The van der Waals surface area contributed by atoms with Crippen LogP contribution in [0, 0.1) is 5.82 Å². The first-order valence-electron chi connectivity index (χ1n) is 9.15. The lowest BCUT2D eigenvalue weighted by Crippen LogP contribution is -2.22. The van der Waals surface area contributed by atoms with Crippen LogP contribution in [-0.2, 0) is 18.5 Å². The Morgan fingerprint density at radius 1 is 1.03 bits per heavy atom. The molecule has 0 bridgehead atoms. The second-order valence-electron chi connectivity index (χ2n) is 7.68. The molecular weight excluding hydrogens is 410 g/mol. The van der Waals surface area contributed by atoms with Crippen LogP contribution in [0.15, 0.2) is 54.7 Å². The van der Waals surface area contributed by atoms with Gasteiger partial charge in [-0.05, 0) is 35.9 Å². The van der Waals surface area contributed by atoms with Gasteiger partial charge in [-0.3, -0.25) is 0 Å². The minimum atomic E-state index is -0.227. The summed E-state index contributed by atoms with van der Waals surface area (Å²) >= 11 is 6.05. The first-order chi connectivity index (χ1) is 13.3. The van der Waals surface area contributed by atoms with E-state index in [1.54, 1.807) is 12.1 Å². The Labute approximate surface area is 182 Å². The third-order valence-corrected chi connectivity index (χ3v) is 4.45. The van der Waals surface area contributed by atoms with Gasteiger partial charge in [-0.2, -0.15) is 0 Å². The summed E-state index contributed by atoms with van der Waals surface area (Å²) in [6.45, 7) is 7.65.